The van der Waals surface area contributed by atoms with E-state index in [2.05, 4.69) is 15.1 Å². The number of aromatic amines is 1. The minimum atomic E-state index is -4.43. The molecule has 4 rings (SSSR count). The molecule has 4 N–H and O–H groups in total. The van der Waals surface area contributed by atoms with Crippen LogP contribution < -0.4 is 15.8 Å². The molecule has 8 nitrogen and oxygen atoms in total. The maximum Gasteiger partial charge on any atom is 0.428 e. The molecule has 0 saturated carbocycles. The SMILES string of the molecule is Cc1cc(-c2c(-c3ccccc3)nc(N)[n+]3c(=O)n(CCC(F)(F)F)[nH]c23)cc(CO)n1. The van der Waals surface area contributed by atoms with E-state index in [1.807, 2.05) is 30.3 Å². The number of nitrogens with two attached hydrogens (primary N) is 1. The second-order valence-corrected chi connectivity index (χ2v) is 7.30. The van der Waals surface area contributed by atoms with Gasteiger partial charge in [-0.05, 0) is 24.6 Å². The molecule has 3 heterocycles. The van der Waals surface area contributed by atoms with Crippen molar-refractivity contribution in [1.82, 2.24) is 19.7 Å². The number of aliphatic hydroxyl groups is 1. The van der Waals surface area contributed by atoms with Gasteiger partial charge in [0.05, 0.1) is 30.8 Å². The number of alkyl halides is 3. The van der Waals surface area contributed by atoms with Crippen molar-refractivity contribution in [2.75, 3.05) is 5.73 Å². The molecule has 0 fully saturated rings. The molecule has 0 amide bonds. The van der Waals surface area contributed by atoms with Gasteiger partial charge in [-0.1, -0.05) is 30.3 Å². The van der Waals surface area contributed by atoms with Crippen LogP contribution in [0.1, 0.15) is 17.8 Å². The van der Waals surface area contributed by atoms with Crippen LogP contribution in [-0.2, 0) is 13.2 Å². The molecule has 0 aliphatic rings. The Morgan fingerprint density at radius 3 is 2.53 bits per heavy atom. The molecule has 0 aliphatic heterocycles. The molecule has 3 aromatic heterocycles. The van der Waals surface area contributed by atoms with Gasteiger partial charge in [-0.15, -0.1) is 9.38 Å². The molecule has 0 saturated heterocycles. The number of aryl methyl sites for hydroxylation is 2. The van der Waals surface area contributed by atoms with Crippen LogP contribution in [0.2, 0.25) is 0 Å². The van der Waals surface area contributed by atoms with Crippen molar-refractivity contribution in [3.05, 3.63) is 64.3 Å². The van der Waals surface area contributed by atoms with Gasteiger partial charge >= 0.3 is 17.8 Å². The molecule has 166 valence electrons. The lowest BCUT2D eigenvalue weighted by Crippen LogP contribution is -2.44. The summed E-state index contributed by atoms with van der Waals surface area (Å²) < 4.78 is 40.2. The number of nitrogens with zero attached hydrogens (tertiary/aromatic N) is 4. The highest BCUT2D eigenvalue weighted by atomic mass is 19.4. The zero-order chi connectivity index (χ0) is 23.0. The summed E-state index contributed by atoms with van der Waals surface area (Å²) in [5.41, 5.74) is 8.66. The molecule has 0 bridgehead atoms. The Kier molecular flexibility index (Phi) is 5.43. The van der Waals surface area contributed by atoms with Gasteiger partial charge in [0.15, 0.2) is 0 Å². The standard InChI is InChI=1S/C21H19F3N6O2/c1-12-9-14(10-15(11-31)26-12)16-17(13-5-3-2-4-6-13)27-19(25)30-18(16)28-29(20(30)32)8-7-21(22,23)24/h2-6,9-10,31H,7-8,11H2,1H3,(H2,25,26,27,28)/p+1. The summed E-state index contributed by atoms with van der Waals surface area (Å²) in [5, 5.41) is 12.4. The number of aliphatic hydroxyl groups excluding tert-OH is 1. The molecule has 32 heavy (non-hydrogen) atoms. The summed E-state index contributed by atoms with van der Waals surface area (Å²) in [4.78, 5) is 21.5. The van der Waals surface area contributed by atoms with Gasteiger partial charge in [-0.3, -0.25) is 4.98 Å². The molecule has 0 atom stereocenters. The number of aromatic nitrogens is 5. The Balaban J connectivity index is 2.05. The molecule has 1 aromatic carbocycles. The first-order valence-corrected chi connectivity index (χ1v) is 9.73. The predicted molar refractivity (Wildman–Crippen MR) is 110 cm³/mol. The topological polar surface area (TPSA) is 114 Å². The van der Waals surface area contributed by atoms with E-state index >= 15 is 0 Å². The van der Waals surface area contributed by atoms with Crippen LogP contribution in [0.25, 0.3) is 28.0 Å². The fraction of sp³-hybridized carbons (Fsp3) is 0.238. The zero-order valence-corrected chi connectivity index (χ0v) is 17.0. The fourth-order valence-electron chi connectivity index (χ4n) is 3.59. The molecular weight excluding hydrogens is 425 g/mol. The Morgan fingerprint density at radius 2 is 1.88 bits per heavy atom. The van der Waals surface area contributed by atoms with Gasteiger partial charge in [0, 0.05) is 11.3 Å². The number of H-pyrrole nitrogens is 1. The lowest BCUT2D eigenvalue weighted by atomic mass is 9.99. The average Bonchev–Trinajstić information content (AvgIpc) is 3.08. The normalized spacial score (nSPS) is 11.9. The Morgan fingerprint density at radius 1 is 1.16 bits per heavy atom. The highest BCUT2D eigenvalue weighted by molar-refractivity contribution is 5.88. The first-order chi connectivity index (χ1) is 15.2. The van der Waals surface area contributed by atoms with Gasteiger partial charge in [-0.2, -0.15) is 17.9 Å². The van der Waals surface area contributed by atoms with Crippen molar-refractivity contribution >= 4 is 11.6 Å². The van der Waals surface area contributed by atoms with Crippen LogP contribution in [0.4, 0.5) is 19.1 Å². The first-order valence-electron chi connectivity index (χ1n) is 9.73. The largest absolute Gasteiger partial charge is 0.428 e. The van der Waals surface area contributed by atoms with Gasteiger partial charge in [0.1, 0.15) is 5.69 Å². The molecule has 0 radical (unpaired) electrons. The molecule has 0 spiro atoms. The minimum absolute atomic E-state index is 0.164. The quantitative estimate of drug-likeness (QED) is 0.408. The van der Waals surface area contributed by atoms with E-state index in [4.69, 9.17) is 5.73 Å². The Bertz CT molecular complexity index is 1350. The van der Waals surface area contributed by atoms with E-state index in [1.165, 1.54) is 0 Å². The molecular formula is C21H20F3N6O2+. The number of halogens is 3. The third-order valence-electron chi connectivity index (χ3n) is 4.94. The third-order valence-corrected chi connectivity index (χ3v) is 4.94. The summed E-state index contributed by atoms with van der Waals surface area (Å²) >= 11 is 0. The smallest absolute Gasteiger partial charge is 0.390 e. The highest BCUT2D eigenvalue weighted by Gasteiger charge is 2.30. The molecule has 0 unspecified atom stereocenters. The van der Waals surface area contributed by atoms with Crippen molar-refractivity contribution in [3.8, 4) is 22.4 Å². The summed E-state index contributed by atoms with van der Waals surface area (Å²) in [5.74, 6) is -0.164. The molecule has 11 heteroatoms. The second kappa shape index (κ2) is 8.08. The number of nitrogen functional groups attached to an aromatic ring is 1. The number of rotatable bonds is 5. The van der Waals surface area contributed by atoms with Crippen LogP contribution >= 0.6 is 0 Å². The van der Waals surface area contributed by atoms with Crippen LogP contribution in [0.5, 0.6) is 0 Å². The monoisotopic (exact) mass is 445 g/mol. The summed E-state index contributed by atoms with van der Waals surface area (Å²) in [7, 11) is 0. The number of benzene rings is 1. The lowest BCUT2D eigenvalue weighted by molar-refractivity contribution is -0.516. The number of hydrogen-bond acceptors (Lipinski definition) is 5. The number of hydrogen-bond donors (Lipinski definition) is 3. The van der Waals surface area contributed by atoms with Crippen LogP contribution in [0.3, 0.4) is 0 Å². The van der Waals surface area contributed by atoms with E-state index in [0.717, 1.165) is 9.08 Å². The number of anilines is 1. The molecule has 4 aromatic rings. The van der Waals surface area contributed by atoms with Crippen molar-refractivity contribution in [2.24, 2.45) is 0 Å². The summed E-state index contributed by atoms with van der Waals surface area (Å²) in [6, 6.07) is 12.4. The van der Waals surface area contributed by atoms with E-state index < -0.39 is 24.8 Å². The number of fused-ring (bicyclic) bond motifs is 1. The summed E-state index contributed by atoms with van der Waals surface area (Å²) in [6.07, 6.45) is -5.61. The summed E-state index contributed by atoms with van der Waals surface area (Å²) in [6.45, 7) is 0.842. The lowest BCUT2D eigenvalue weighted by Gasteiger charge is -2.10. The highest BCUT2D eigenvalue weighted by Crippen LogP contribution is 2.33. The minimum Gasteiger partial charge on any atom is -0.390 e. The van der Waals surface area contributed by atoms with Gasteiger partial charge < -0.3 is 10.8 Å². The van der Waals surface area contributed by atoms with Crippen molar-refractivity contribution in [2.45, 2.75) is 32.7 Å². The maximum absolute atomic E-state index is 12.8. The van der Waals surface area contributed by atoms with E-state index in [1.54, 1.807) is 19.1 Å². The molecule has 0 aliphatic carbocycles. The van der Waals surface area contributed by atoms with Crippen LogP contribution in [0, 0.1) is 6.92 Å². The van der Waals surface area contributed by atoms with E-state index in [-0.39, 0.29) is 18.2 Å². The predicted octanol–water partition coefficient (Wildman–Crippen LogP) is 2.37. The number of nitrogens with one attached hydrogen (secondary N) is 1. The van der Waals surface area contributed by atoms with Gasteiger partial charge in [0.2, 0.25) is 5.65 Å². The van der Waals surface area contributed by atoms with E-state index in [9.17, 15) is 23.1 Å². The Labute approximate surface area is 179 Å². The fourth-order valence-corrected chi connectivity index (χ4v) is 3.59. The van der Waals surface area contributed by atoms with Crippen LogP contribution in [0.15, 0.2) is 47.3 Å². The van der Waals surface area contributed by atoms with Gasteiger partial charge in [0.25, 0.3) is 0 Å². The van der Waals surface area contributed by atoms with Crippen molar-refractivity contribution in [1.29, 1.82) is 0 Å². The maximum atomic E-state index is 12.8. The Hall–Kier alpha value is -3.73. The van der Waals surface area contributed by atoms with Crippen LogP contribution in [-0.4, -0.2) is 31.0 Å². The zero-order valence-electron chi connectivity index (χ0n) is 17.0. The average molecular weight is 445 g/mol. The number of pyridine rings is 1. The van der Waals surface area contributed by atoms with Crippen molar-refractivity contribution in [3.63, 3.8) is 0 Å². The third kappa shape index (κ3) is 4.06. The van der Waals surface area contributed by atoms with Gasteiger partial charge in [-0.25, -0.2) is 9.89 Å². The second-order valence-electron chi connectivity index (χ2n) is 7.30. The van der Waals surface area contributed by atoms with Crippen molar-refractivity contribution < 1.29 is 22.7 Å². The first kappa shape index (κ1) is 21.5. The van der Waals surface area contributed by atoms with E-state index in [0.29, 0.717) is 33.8 Å².